The molecule has 0 saturated carbocycles. The summed E-state index contributed by atoms with van der Waals surface area (Å²) in [6.07, 6.45) is 4.61. The lowest BCUT2D eigenvalue weighted by Gasteiger charge is -2.27. The summed E-state index contributed by atoms with van der Waals surface area (Å²) in [7, 11) is -4.25. The van der Waals surface area contributed by atoms with Crippen molar-refractivity contribution in [1.29, 1.82) is 5.41 Å². The minimum absolute atomic E-state index is 0.00115. The quantitative estimate of drug-likeness (QED) is 0.0589. The number of nitrogens with one attached hydrogen (secondary N) is 4. The lowest BCUT2D eigenvalue weighted by Crippen LogP contribution is -2.56. The molecule has 3 rings (SSSR count). The number of aliphatic carboxylic acids is 1. The number of rotatable bonds is 16. The number of carboxylic acid groups (broad SMARTS) is 1. The monoisotopic (exact) mass is 670 g/mol. The highest BCUT2D eigenvalue weighted by atomic mass is 32.2. The molecule has 0 aromatic heterocycles. The molecular weight excluding hydrogens is 632 g/mol. The highest BCUT2D eigenvalue weighted by molar-refractivity contribution is 7.88. The predicted molar refractivity (Wildman–Crippen MR) is 173 cm³/mol. The third-order valence-electron chi connectivity index (χ3n) is 7.55. The molecule has 2 aromatic rings. The summed E-state index contributed by atoms with van der Waals surface area (Å²) in [5.41, 5.74) is 6.94. The molecule has 0 saturated heterocycles. The summed E-state index contributed by atoms with van der Waals surface area (Å²) in [4.78, 5) is 48.8. The summed E-state index contributed by atoms with van der Waals surface area (Å²) in [5, 5.41) is 42.7. The zero-order valence-corrected chi connectivity index (χ0v) is 26.6. The molecule has 0 fully saturated rings. The second kappa shape index (κ2) is 16.0. The average Bonchev–Trinajstić information content (AvgIpc) is 2.99. The highest BCUT2D eigenvalue weighted by Gasteiger charge is 2.33. The number of benzene rings is 2. The van der Waals surface area contributed by atoms with E-state index in [2.05, 4.69) is 15.4 Å². The van der Waals surface area contributed by atoms with E-state index >= 15 is 0 Å². The molecule has 0 bridgehead atoms. The van der Waals surface area contributed by atoms with Gasteiger partial charge in [0, 0.05) is 24.6 Å². The van der Waals surface area contributed by atoms with Crippen LogP contribution in [0.2, 0.25) is 0 Å². The van der Waals surface area contributed by atoms with Crippen LogP contribution in [0.15, 0.2) is 72.3 Å². The van der Waals surface area contributed by atoms with Crippen LogP contribution in [-0.4, -0.2) is 65.8 Å². The molecular formula is C31H38N6O9S. The minimum atomic E-state index is -4.25. The van der Waals surface area contributed by atoms with Crippen molar-refractivity contribution in [2.45, 2.75) is 44.5 Å². The Morgan fingerprint density at radius 3 is 2.23 bits per heavy atom. The molecule has 1 aliphatic rings. The summed E-state index contributed by atoms with van der Waals surface area (Å²) >= 11 is 0. The number of amidine groups is 1. The van der Waals surface area contributed by atoms with Crippen LogP contribution in [0.1, 0.15) is 31.4 Å². The Kier molecular flexibility index (Phi) is 12.3. The minimum Gasteiger partial charge on any atom is -0.508 e. The first-order valence-corrected chi connectivity index (χ1v) is 16.2. The van der Waals surface area contributed by atoms with Crippen LogP contribution in [-0.2, 0) is 36.6 Å². The number of allylic oxidation sites excluding steroid dienone is 1. The van der Waals surface area contributed by atoms with E-state index < -0.39 is 62.9 Å². The standard InChI is InChI=1S/C31H38N6O9S/c1-18-13-22(7-12-25(18)29(32)33)16-34-30(41)26(15-27(39)40)35-31(42)28(19(2)14-20-5-10-24(38)11-6-20)36-47(45,46)17-21-3-8-23(9-4-21)37(43)44/h3-13,18-19,25-26,28,36,38H,14-17H2,1-2H3,(H3,32,33)(H,34,41)(H,35,42)(H,39,40)/t18?,19-,25?,26?,28+/m0/s1. The predicted octanol–water partition coefficient (Wildman–Crippen LogP) is 1.73. The van der Waals surface area contributed by atoms with Gasteiger partial charge in [0.05, 0.1) is 22.9 Å². The summed E-state index contributed by atoms with van der Waals surface area (Å²) < 4.78 is 28.8. The summed E-state index contributed by atoms with van der Waals surface area (Å²) in [5.74, 6) is -4.89. The van der Waals surface area contributed by atoms with Gasteiger partial charge in [0.2, 0.25) is 21.8 Å². The fraction of sp³-hybridized carbons (Fsp3) is 0.355. The van der Waals surface area contributed by atoms with E-state index in [0.29, 0.717) is 11.1 Å². The average molecular weight is 671 g/mol. The van der Waals surface area contributed by atoms with Gasteiger partial charge in [0.1, 0.15) is 17.8 Å². The van der Waals surface area contributed by atoms with Crippen LogP contribution in [0.4, 0.5) is 5.69 Å². The molecule has 0 aliphatic heterocycles. The van der Waals surface area contributed by atoms with Gasteiger partial charge < -0.3 is 26.6 Å². The first-order valence-electron chi connectivity index (χ1n) is 14.6. The molecule has 0 heterocycles. The Morgan fingerprint density at radius 2 is 1.68 bits per heavy atom. The zero-order chi connectivity index (χ0) is 34.9. The summed E-state index contributed by atoms with van der Waals surface area (Å²) in [6.45, 7) is 3.45. The van der Waals surface area contributed by atoms with E-state index in [1.165, 1.54) is 24.3 Å². The Morgan fingerprint density at radius 1 is 1.06 bits per heavy atom. The van der Waals surface area contributed by atoms with E-state index in [1.807, 2.05) is 13.0 Å². The molecule has 47 heavy (non-hydrogen) atoms. The number of carboxylic acids is 1. The number of nitro groups is 1. The molecule has 2 amide bonds. The van der Waals surface area contributed by atoms with E-state index in [-0.39, 0.29) is 47.6 Å². The number of carbonyl (C=O) groups is 3. The van der Waals surface area contributed by atoms with Crippen molar-refractivity contribution in [3.05, 3.63) is 93.6 Å². The zero-order valence-electron chi connectivity index (χ0n) is 25.8. The first kappa shape index (κ1) is 36.4. The maximum Gasteiger partial charge on any atom is 0.305 e. The van der Waals surface area contributed by atoms with Crippen molar-refractivity contribution in [1.82, 2.24) is 15.4 Å². The van der Waals surface area contributed by atoms with Gasteiger partial charge in [-0.1, -0.05) is 56.3 Å². The molecule has 0 spiro atoms. The SMILES string of the molecule is CC1C=C(CNC(=O)C(CC(=O)O)NC(=O)[C@H](NS(=O)(=O)Cc2ccc([N+](=O)[O-])cc2)[C@@H](C)Cc2ccc(O)cc2)C=CC1C(=N)N. The van der Waals surface area contributed by atoms with Gasteiger partial charge in [-0.05, 0) is 47.1 Å². The van der Waals surface area contributed by atoms with E-state index in [0.717, 1.165) is 12.1 Å². The summed E-state index contributed by atoms with van der Waals surface area (Å²) in [6, 6.07) is 7.89. The first-order chi connectivity index (χ1) is 22.0. The van der Waals surface area contributed by atoms with Crippen LogP contribution >= 0.6 is 0 Å². The molecule has 252 valence electrons. The number of nitrogens with two attached hydrogens (primary N) is 1. The van der Waals surface area contributed by atoms with Gasteiger partial charge in [0.25, 0.3) is 5.69 Å². The number of non-ortho nitro benzene ring substituents is 1. The molecule has 1 aliphatic carbocycles. The van der Waals surface area contributed by atoms with Gasteiger partial charge in [-0.3, -0.25) is 29.9 Å². The third-order valence-corrected chi connectivity index (χ3v) is 8.88. The van der Waals surface area contributed by atoms with Crippen molar-refractivity contribution in [3.63, 3.8) is 0 Å². The molecule has 8 N–H and O–H groups in total. The Bertz CT molecular complexity index is 1660. The number of amides is 2. The molecule has 0 radical (unpaired) electrons. The van der Waals surface area contributed by atoms with Gasteiger partial charge in [-0.15, -0.1) is 0 Å². The lowest BCUT2D eigenvalue weighted by molar-refractivity contribution is -0.384. The number of carbonyl (C=O) groups excluding carboxylic acids is 2. The van der Waals surface area contributed by atoms with Crippen molar-refractivity contribution in [2.75, 3.05) is 6.54 Å². The second-order valence-electron chi connectivity index (χ2n) is 11.4. The number of phenolic OH excluding ortho intramolecular Hbond substituents is 1. The maximum absolute atomic E-state index is 13.6. The van der Waals surface area contributed by atoms with E-state index in [1.54, 1.807) is 31.2 Å². The Balaban J connectivity index is 1.80. The van der Waals surface area contributed by atoms with Crippen molar-refractivity contribution in [2.24, 2.45) is 23.5 Å². The van der Waals surface area contributed by atoms with Gasteiger partial charge in [0.15, 0.2) is 0 Å². The molecule has 2 aromatic carbocycles. The van der Waals surface area contributed by atoms with Crippen molar-refractivity contribution < 1.29 is 37.9 Å². The van der Waals surface area contributed by atoms with E-state index in [4.69, 9.17) is 11.1 Å². The van der Waals surface area contributed by atoms with Crippen LogP contribution in [0.25, 0.3) is 0 Å². The van der Waals surface area contributed by atoms with Crippen LogP contribution < -0.4 is 21.1 Å². The largest absolute Gasteiger partial charge is 0.508 e. The van der Waals surface area contributed by atoms with E-state index in [9.17, 15) is 43.1 Å². The van der Waals surface area contributed by atoms with Crippen LogP contribution in [0.5, 0.6) is 5.75 Å². The lowest BCUT2D eigenvalue weighted by atomic mass is 9.86. The smallest absolute Gasteiger partial charge is 0.305 e. The molecule has 16 heteroatoms. The second-order valence-corrected chi connectivity index (χ2v) is 13.2. The molecule has 3 unspecified atom stereocenters. The van der Waals surface area contributed by atoms with Crippen molar-refractivity contribution in [3.8, 4) is 5.75 Å². The maximum atomic E-state index is 13.6. The van der Waals surface area contributed by atoms with Crippen molar-refractivity contribution >= 4 is 39.3 Å². The van der Waals surface area contributed by atoms with Crippen LogP contribution in [0, 0.1) is 33.3 Å². The highest BCUT2D eigenvalue weighted by Crippen LogP contribution is 2.22. The van der Waals surface area contributed by atoms with Crippen LogP contribution in [0.3, 0.4) is 0 Å². The number of phenols is 1. The number of aromatic hydroxyl groups is 1. The number of nitrogens with zero attached hydrogens (tertiary/aromatic N) is 1. The van der Waals surface area contributed by atoms with Gasteiger partial charge >= 0.3 is 5.97 Å². The number of nitro benzene ring substituents is 1. The molecule has 5 atom stereocenters. The number of sulfonamides is 1. The number of hydrogen-bond acceptors (Lipinski definition) is 9. The Labute approximate surface area is 271 Å². The normalized spacial score (nSPS) is 17.9. The third kappa shape index (κ3) is 11.0. The fourth-order valence-electron chi connectivity index (χ4n) is 5.08. The fourth-order valence-corrected chi connectivity index (χ4v) is 6.52. The topological polar surface area (TPSA) is 255 Å². The van der Waals surface area contributed by atoms with Gasteiger partial charge in [-0.2, -0.15) is 0 Å². The Hall–Kier alpha value is -5.09. The van der Waals surface area contributed by atoms with Gasteiger partial charge in [-0.25, -0.2) is 13.1 Å². The number of hydrogen-bond donors (Lipinski definition) is 7. The molecule has 15 nitrogen and oxygen atoms in total.